The molecular formula is C7H3BrCl2N2S. The van der Waals surface area contributed by atoms with E-state index in [9.17, 15) is 0 Å². The molecule has 0 amide bonds. The van der Waals surface area contributed by atoms with Gasteiger partial charge in [-0.1, -0.05) is 11.6 Å². The maximum Gasteiger partial charge on any atom is 0.225 e. The first kappa shape index (κ1) is 9.65. The highest BCUT2D eigenvalue weighted by molar-refractivity contribution is 9.11. The number of nitrogens with zero attached hydrogens (tertiary/aromatic N) is 2. The molecule has 68 valence electrons. The summed E-state index contributed by atoms with van der Waals surface area (Å²) in [5, 5.41) is 1.48. The molecule has 0 aromatic carbocycles. The second-order valence-corrected chi connectivity index (χ2v) is 5.48. The Morgan fingerprint density at radius 2 is 2.00 bits per heavy atom. The fourth-order valence-corrected chi connectivity index (χ4v) is 3.24. The average molecular weight is 298 g/mol. The van der Waals surface area contributed by atoms with Crippen LogP contribution < -0.4 is 0 Å². The largest absolute Gasteiger partial charge is 0.225 e. The Bertz CT molecular complexity index is 483. The Morgan fingerprint density at radius 3 is 2.69 bits per heavy atom. The van der Waals surface area contributed by atoms with E-state index in [-0.39, 0.29) is 5.28 Å². The molecule has 2 heterocycles. The predicted molar refractivity (Wildman–Crippen MR) is 59.9 cm³/mol. The highest BCUT2D eigenvalue weighted by atomic mass is 79.9. The monoisotopic (exact) mass is 296 g/mol. The summed E-state index contributed by atoms with van der Waals surface area (Å²) in [6, 6.07) is 0. The number of aromatic nitrogens is 2. The maximum absolute atomic E-state index is 5.93. The second-order valence-electron chi connectivity index (χ2n) is 2.46. The summed E-state index contributed by atoms with van der Waals surface area (Å²) in [7, 11) is 0. The molecule has 0 saturated heterocycles. The number of rotatable bonds is 0. The highest BCUT2D eigenvalue weighted by Gasteiger charge is 2.12. The van der Waals surface area contributed by atoms with E-state index in [1.165, 1.54) is 11.3 Å². The SMILES string of the molecule is Cc1c(Br)sc2nc(Cl)nc(Cl)c12. The van der Waals surface area contributed by atoms with Crippen molar-refractivity contribution in [2.45, 2.75) is 6.92 Å². The van der Waals surface area contributed by atoms with Crippen LogP contribution in [-0.4, -0.2) is 9.97 Å². The standard InChI is InChI=1S/C7H3BrCl2N2S/c1-2-3-5(9)11-7(10)12-6(3)13-4(2)8/h1H3. The van der Waals surface area contributed by atoms with Gasteiger partial charge in [0, 0.05) is 0 Å². The van der Waals surface area contributed by atoms with Crippen LogP contribution >= 0.6 is 50.5 Å². The molecule has 6 heteroatoms. The van der Waals surface area contributed by atoms with Gasteiger partial charge in [-0.2, -0.15) is 0 Å². The van der Waals surface area contributed by atoms with Crippen LogP contribution in [0, 0.1) is 6.92 Å². The van der Waals surface area contributed by atoms with E-state index < -0.39 is 0 Å². The molecule has 2 rings (SSSR count). The molecular weight excluding hydrogens is 295 g/mol. The van der Waals surface area contributed by atoms with Gasteiger partial charge >= 0.3 is 0 Å². The summed E-state index contributed by atoms with van der Waals surface area (Å²) >= 11 is 16.5. The first-order valence-electron chi connectivity index (χ1n) is 3.37. The third-order valence-electron chi connectivity index (χ3n) is 1.66. The Balaban J connectivity index is 2.94. The first-order chi connectivity index (χ1) is 6.09. The van der Waals surface area contributed by atoms with Crippen LogP contribution in [0.15, 0.2) is 3.79 Å². The van der Waals surface area contributed by atoms with Gasteiger partial charge in [-0.3, -0.25) is 0 Å². The number of hydrogen-bond acceptors (Lipinski definition) is 3. The van der Waals surface area contributed by atoms with E-state index in [0.717, 1.165) is 19.6 Å². The highest BCUT2D eigenvalue weighted by Crippen LogP contribution is 2.37. The fourth-order valence-electron chi connectivity index (χ4n) is 1.04. The zero-order valence-electron chi connectivity index (χ0n) is 6.44. The van der Waals surface area contributed by atoms with E-state index in [1.54, 1.807) is 0 Å². The smallest absolute Gasteiger partial charge is 0.207 e. The van der Waals surface area contributed by atoms with E-state index in [1.807, 2.05) is 6.92 Å². The third kappa shape index (κ3) is 1.56. The van der Waals surface area contributed by atoms with Crippen LogP contribution in [0.3, 0.4) is 0 Å². The summed E-state index contributed by atoms with van der Waals surface area (Å²) in [4.78, 5) is 8.77. The molecule has 0 aliphatic rings. The quantitative estimate of drug-likeness (QED) is 0.541. The van der Waals surface area contributed by atoms with Gasteiger partial charge in [-0.05, 0) is 40.0 Å². The topological polar surface area (TPSA) is 25.8 Å². The van der Waals surface area contributed by atoms with E-state index in [2.05, 4.69) is 25.9 Å². The van der Waals surface area contributed by atoms with Crippen molar-refractivity contribution in [3.8, 4) is 0 Å². The first-order valence-corrected chi connectivity index (χ1v) is 5.74. The van der Waals surface area contributed by atoms with Crippen molar-refractivity contribution in [2.75, 3.05) is 0 Å². The molecule has 2 aromatic heterocycles. The summed E-state index contributed by atoms with van der Waals surface area (Å²) in [6.45, 7) is 1.96. The van der Waals surface area contributed by atoms with Gasteiger partial charge in [0.15, 0.2) is 0 Å². The molecule has 0 bridgehead atoms. The summed E-state index contributed by atoms with van der Waals surface area (Å²) in [5.74, 6) is 0. The molecule has 0 saturated carbocycles. The van der Waals surface area contributed by atoms with E-state index in [0.29, 0.717) is 5.15 Å². The van der Waals surface area contributed by atoms with Crippen molar-refractivity contribution in [3.05, 3.63) is 19.8 Å². The molecule has 0 spiro atoms. The van der Waals surface area contributed by atoms with Gasteiger partial charge in [-0.25, -0.2) is 9.97 Å². The lowest BCUT2D eigenvalue weighted by Gasteiger charge is -1.94. The second kappa shape index (κ2) is 3.35. The van der Waals surface area contributed by atoms with Gasteiger partial charge in [0.05, 0.1) is 9.17 Å². The van der Waals surface area contributed by atoms with Gasteiger partial charge in [-0.15, -0.1) is 11.3 Å². The number of halogens is 3. The lowest BCUT2D eigenvalue weighted by molar-refractivity contribution is 1.23. The third-order valence-corrected chi connectivity index (χ3v) is 4.16. The number of aryl methyl sites for hydroxylation is 1. The zero-order chi connectivity index (χ0) is 9.59. The maximum atomic E-state index is 5.93. The Morgan fingerprint density at radius 1 is 1.31 bits per heavy atom. The number of hydrogen-bond donors (Lipinski definition) is 0. The summed E-state index contributed by atoms with van der Waals surface area (Å²) in [5.41, 5.74) is 1.06. The molecule has 0 atom stereocenters. The van der Waals surface area contributed by atoms with Crippen molar-refractivity contribution >= 4 is 60.7 Å². The normalized spacial score (nSPS) is 11.1. The minimum Gasteiger partial charge on any atom is -0.207 e. The molecule has 0 fully saturated rings. The predicted octanol–water partition coefficient (Wildman–Crippen LogP) is 4.07. The lowest BCUT2D eigenvalue weighted by Crippen LogP contribution is -1.83. The van der Waals surface area contributed by atoms with Crippen LogP contribution in [0.1, 0.15) is 5.56 Å². The molecule has 0 unspecified atom stereocenters. The van der Waals surface area contributed by atoms with Crippen LogP contribution in [-0.2, 0) is 0 Å². The zero-order valence-corrected chi connectivity index (χ0v) is 10.4. The van der Waals surface area contributed by atoms with Crippen molar-refractivity contribution in [1.29, 1.82) is 0 Å². The van der Waals surface area contributed by atoms with Gasteiger partial charge in [0.1, 0.15) is 9.98 Å². The van der Waals surface area contributed by atoms with Crippen LogP contribution in [0.4, 0.5) is 0 Å². The minimum absolute atomic E-state index is 0.186. The molecule has 0 aliphatic heterocycles. The summed E-state index contributed by atoms with van der Waals surface area (Å²) < 4.78 is 1.01. The number of fused-ring (bicyclic) bond motifs is 1. The van der Waals surface area contributed by atoms with E-state index >= 15 is 0 Å². The van der Waals surface area contributed by atoms with Crippen molar-refractivity contribution < 1.29 is 0 Å². The molecule has 13 heavy (non-hydrogen) atoms. The number of thiophene rings is 1. The van der Waals surface area contributed by atoms with Crippen molar-refractivity contribution in [2.24, 2.45) is 0 Å². The lowest BCUT2D eigenvalue weighted by atomic mass is 10.3. The van der Waals surface area contributed by atoms with E-state index in [4.69, 9.17) is 23.2 Å². The Hall–Kier alpha value is 0.1000. The fraction of sp³-hybridized carbons (Fsp3) is 0.143. The average Bonchev–Trinajstić information content (AvgIpc) is 2.27. The van der Waals surface area contributed by atoms with Crippen molar-refractivity contribution in [3.63, 3.8) is 0 Å². The summed E-state index contributed by atoms with van der Waals surface area (Å²) in [6.07, 6.45) is 0. The van der Waals surface area contributed by atoms with Gasteiger partial charge in [0.2, 0.25) is 5.28 Å². The minimum atomic E-state index is 0.186. The van der Waals surface area contributed by atoms with Crippen LogP contribution in [0.2, 0.25) is 10.4 Å². The van der Waals surface area contributed by atoms with Gasteiger partial charge < -0.3 is 0 Å². The van der Waals surface area contributed by atoms with Gasteiger partial charge in [0.25, 0.3) is 0 Å². The molecule has 0 aliphatic carbocycles. The van der Waals surface area contributed by atoms with Crippen LogP contribution in [0.5, 0.6) is 0 Å². The molecule has 0 radical (unpaired) electrons. The Kier molecular flexibility index (Phi) is 2.49. The molecule has 0 N–H and O–H groups in total. The molecule has 2 aromatic rings. The molecule has 2 nitrogen and oxygen atoms in total. The van der Waals surface area contributed by atoms with Crippen LogP contribution in [0.25, 0.3) is 10.2 Å². The van der Waals surface area contributed by atoms with Crippen molar-refractivity contribution in [1.82, 2.24) is 9.97 Å². The Labute approximate surface area is 97.0 Å².